The van der Waals surface area contributed by atoms with E-state index in [2.05, 4.69) is 36.4 Å². The van der Waals surface area contributed by atoms with E-state index in [9.17, 15) is 31.6 Å². The van der Waals surface area contributed by atoms with Crippen LogP contribution in [0.4, 0.5) is 0 Å². The first kappa shape index (κ1) is 105. The van der Waals surface area contributed by atoms with Gasteiger partial charge in [0, 0.05) is 11.1 Å². The van der Waals surface area contributed by atoms with Gasteiger partial charge in [-0.25, -0.2) is 0 Å². The summed E-state index contributed by atoms with van der Waals surface area (Å²) < 4.78 is 79.4. The van der Waals surface area contributed by atoms with Crippen molar-refractivity contribution in [3.8, 4) is 172 Å². The summed E-state index contributed by atoms with van der Waals surface area (Å²) in [6.45, 7) is 4.26. The summed E-state index contributed by atoms with van der Waals surface area (Å²) in [5.41, 5.74) is 16.0. The van der Waals surface area contributed by atoms with E-state index in [-0.39, 0.29) is 96.4 Å². The number of carbonyl (C=O) groups is 2. The molecule has 0 amide bonds. The Morgan fingerprint density at radius 2 is 0.291 bits per heavy atom. The maximum atomic E-state index is 16.6. The lowest BCUT2D eigenvalue weighted by Crippen LogP contribution is -2.25. The number of carbonyl (C=O) groups excluding carboxylic acids is 2. The van der Waals surface area contributed by atoms with Crippen LogP contribution in [0.3, 0.4) is 0 Å². The third-order valence-corrected chi connectivity index (χ3v) is 25.9. The van der Waals surface area contributed by atoms with Crippen LogP contribution < -0.4 is 56.8 Å². The van der Waals surface area contributed by atoms with Gasteiger partial charge in [0.1, 0.15) is 34.5 Å². The molecule has 14 aromatic carbocycles. The third kappa shape index (κ3) is 31.0. The highest BCUT2D eigenvalue weighted by molar-refractivity contribution is 6.31. The van der Waals surface area contributed by atoms with Gasteiger partial charge < -0.3 is 56.8 Å². The van der Waals surface area contributed by atoms with Crippen molar-refractivity contribution in [3.63, 3.8) is 0 Å². The normalized spacial score (nSPS) is 11.1. The number of unbranched alkanes of at least 4 members (excludes halogenated alkanes) is 18. The highest BCUT2D eigenvalue weighted by Gasteiger charge is 2.41. The molecule has 0 atom stereocenters. The molecule has 0 radical (unpaired) electrons. The van der Waals surface area contributed by atoms with E-state index in [1.807, 2.05) is 291 Å². The smallest absolute Gasteiger partial charge is 0.204 e. The molecular formula is C128H122N6O14. The van der Waals surface area contributed by atoms with Gasteiger partial charge in [-0.2, -0.15) is 31.6 Å². The predicted molar refractivity (Wildman–Crippen MR) is 576 cm³/mol. The highest BCUT2D eigenvalue weighted by Crippen LogP contribution is 2.52. The van der Waals surface area contributed by atoms with Gasteiger partial charge in [-0.3, -0.25) is 9.59 Å². The van der Waals surface area contributed by atoms with Crippen molar-refractivity contribution in [3.05, 3.63) is 359 Å². The van der Waals surface area contributed by atoms with Crippen molar-refractivity contribution in [2.75, 3.05) is 79.3 Å². The van der Waals surface area contributed by atoms with Crippen LogP contribution in [-0.2, 0) is 0 Å². The number of ether oxygens (including phenoxy) is 12. The second-order valence-electron chi connectivity index (χ2n) is 36.5. The first-order chi connectivity index (χ1) is 73.0. The molecule has 0 saturated carbocycles. The SMILES string of the molecule is N#Cc1ccc(-c2ccc(OCCCCCCOc3cc4c(c(OCCCCCCOc5ccc(-c6ccc(C#N)cc6)cc5)c3OCCCCCCOc3ccc(-c5ccc(C#N)cc5)cc3)C(=O)c3cc(OCCCCCCOc5ccc(-c6ccc(C#N)cc6)cc5)c(OCCCCCCOc5ccc(-c6ccc(C#N)cc6)cc5)c(OCCCCCCOc5ccc(-c6ccc(C#N)cc6)cc5)c3C4=O)cc2)cc1. The monoisotopic (exact) mass is 1970 g/mol. The largest absolute Gasteiger partial charge is 0.494 e. The zero-order valence-corrected chi connectivity index (χ0v) is 83.7. The van der Waals surface area contributed by atoms with Gasteiger partial charge >= 0.3 is 0 Å². The lowest BCUT2D eigenvalue weighted by Gasteiger charge is -2.27. The third-order valence-electron chi connectivity index (χ3n) is 25.9. The van der Waals surface area contributed by atoms with Gasteiger partial charge in [-0.15, -0.1) is 0 Å². The van der Waals surface area contributed by atoms with Crippen LogP contribution in [0.25, 0.3) is 66.8 Å². The number of hydrogen-bond acceptors (Lipinski definition) is 20. The lowest BCUT2D eigenvalue weighted by atomic mass is 9.82. The van der Waals surface area contributed by atoms with Gasteiger partial charge in [0.25, 0.3) is 0 Å². The molecule has 148 heavy (non-hydrogen) atoms. The van der Waals surface area contributed by atoms with Crippen molar-refractivity contribution in [1.29, 1.82) is 31.6 Å². The van der Waals surface area contributed by atoms with Crippen molar-refractivity contribution < 1.29 is 66.4 Å². The van der Waals surface area contributed by atoms with Gasteiger partial charge in [-0.1, -0.05) is 146 Å². The molecule has 14 aromatic rings. The molecule has 0 aliphatic heterocycles. The average Bonchev–Trinajstić information content (AvgIpc) is 0.719. The van der Waals surface area contributed by atoms with Crippen molar-refractivity contribution in [1.82, 2.24) is 0 Å². The highest BCUT2D eigenvalue weighted by atomic mass is 16.6. The second-order valence-corrected chi connectivity index (χ2v) is 36.5. The molecule has 0 bridgehead atoms. The zero-order valence-electron chi connectivity index (χ0n) is 83.7. The van der Waals surface area contributed by atoms with E-state index in [0.29, 0.717) is 112 Å². The minimum atomic E-state index is -0.482. The Morgan fingerprint density at radius 1 is 0.155 bits per heavy atom. The van der Waals surface area contributed by atoms with Crippen molar-refractivity contribution in [2.45, 2.75) is 154 Å². The molecule has 1 aliphatic carbocycles. The fraction of sp³-hybridized carbons (Fsp3) is 0.281. The summed E-state index contributed by atoms with van der Waals surface area (Å²) in [6.07, 6.45) is 18.0. The summed E-state index contributed by atoms with van der Waals surface area (Å²) in [6, 6.07) is 109. The van der Waals surface area contributed by atoms with Crippen molar-refractivity contribution in [2.24, 2.45) is 0 Å². The number of fused-ring (bicyclic) bond motifs is 2. The van der Waals surface area contributed by atoms with E-state index in [1.165, 1.54) is 0 Å². The molecule has 15 rings (SSSR count). The molecule has 20 heteroatoms. The summed E-state index contributed by atoms with van der Waals surface area (Å²) in [5.74, 6) is 4.79. The first-order valence-electron chi connectivity index (χ1n) is 51.7. The van der Waals surface area contributed by atoms with E-state index >= 15 is 9.59 Å². The Hall–Kier alpha value is -17.0. The molecule has 0 unspecified atom stereocenters. The van der Waals surface area contributed by atoms with Gasteiger partial charge in [0.05, 0.1) is 160 Å². The van der Waals surface area contributed by atoms with E-state index in [1.54, 1.807) is 12.1 Å². The van der Waals surface area contributed by atoms with Gasteiger partial charge in [0.15, 0.2) is 34.6 Å². The maximum Gasteiger partial charge on any atom is 0.204 e. The Labute approximate surface area is 868 Å². The summed E-state index contributed by atoms with van der Waals surface area (Å²) in [7, 11) is 0. The Kier molecular flexibility index (Phi) is 40.4. The number of nitriles is 6. The quantitative estimate of drug-likeness (QED) is 0.0320. The van der Waals surface area contributed by atoms with Crippen LogP contribution >= 0.6 is 0 Å². The molecule has 0 saturated heterocycles. The molecule has 0 heterocycles. The molecule has 0 N–H and O–H groups in total. The first-order valence-corrected chi connectivity index (χ1v) is 51.7. The summed E-state index contributed by atoms with van der Waals surface area (Å²) in [5, 5.41) is 56.2. The van der Waals surface area contributed by atoms with E-state index in [0.717, 1.165) is 217 Å². The number of rotatable bonds is 60. The number of hydrogen-bond donors (Lipinski definition) is 0. The topological polar surface area (TPSA) is 288 Å². The van der Waals surface area contributed by atoms with Crippen LogP contribution in [0.15, 0.2) is 303 Å². The molecular weight excluding hydrogens is 1850 g/mol. The van der Waals surface area contributed by atoms with Gasteiger partial charge in [-0.05, 0) is 379 Å². The number of benzene rings is 14. The van der Waals surface area contributed by atoms with Crippen LogP contribution in [-0.4, -0.2) is 90.8 Å². The number of nitrogens with zero attached hydrogens (tertiary/aromatic N) is 6. The van der Waals surface area contributed by atoms with E-state index in [4.69, 9.17) is 56.8 Å². The molecule has 0 fully saturated rings. The second kappa shape index (κ2) is 56.9. The minimum absolute atomic E-state index is 0.0491. The minimum Gasteiger partial charge on any atom is -0.494 e. The molecule has 1 aliphatic rings. The van der Waals surface area contributed by atoms with Crippen LogP contribution in [0.5, 0.6) is 69.0 Å². The van der Waals surface area contributed by atoms with Crippen LogP contribution in [0.1, 0.15) is 219 Å². The van der Waals surface area contributed by atoms with Crippen LogP contribution in [0, 0.1) is 68.0 Å². The molecule has 20 nitrogen and oxygen atoms in total. The summed E-state index contributed by atoms with van der Waals surface area (Å²) in [4.78, 5) is 33.1. The standard InChI is InChI=1S/C128H122N6O14/c129-87-93-25-37-99(38-26-93)105-49-61-111(62-50-105)137-73-13-1-7-19-79-143-119-85-117-121(127(147-83-23-11-5-17-77-141-115-69-57-109(58-70-115)103-45-33-97(91-133)34-46-103)125(119)145-81-21-9-3-15-75-139-113-65-53-107(54-66-113)101-41-29-95(89-131)30-42-101)124(136)118-86-120(144-80-20-8-2-14-74-138-112-63-51-106(52-64-112)100-39-27-94(88-130)28-40-100)126(146-82-22-10-4-16-76-140-114-67-55-108(56-68-114)102-43-31-96(90-132)32-44-102)128(122(118)123(117)135)148-84-24-12-6-18-78-142-116-71-59-110(60-72-116)104-47-35-98(92-134)36-48-104/h25-72,85-86H,1-24,73-84H2. The van der Waals surface area contributed by atoms with Crippen LogP contribution in [0.2, 0.25) is 0 Å². The maximum absolute atomic E-state index is 16.6. The Morgan fingerprint density at radius 3 is 0.446 bits per heavy atom. The number of ketones is 2. The molecule has 0 spiro atoms. The molecule has 748 valence electrons. The zero-order chi connectivity index (χ0) is 102. The average molecular weight is 1970 g/mol. The fourth-order valence-corrected chi connectivity index (χ4v) is 17.5. The Balaban J connectivity index is 0.685. The predicted octanol–water partition coefficient (Wildman–Crippen LogP) is 29.8. The van der Waals surface area contributed by atoms with E-state index < -0.39 is 11.6 Å². The fourth-order valence-electron chi connectivity index (χ4n) is 17.5. The van der Waals surface area contributed by atoms with Gasteiger partial charge in [0.2, 0.25) is 11.5 Å². The van der Waals surface area contributed by atoms with Crippen molar-refractivity contribution >= 4 is 11.6 Å². The Bertz CT molecular complexity index is 6460. The lowest BCUT2D eigenvalue weighted by molar-refractivity contribution is 0.0968. The summed E-state index contributed by atoms with van der Waals surface area (Å²) >= 11 is 0. The molecule has 0 aromatic heterocycles.